The fraction of sp³-hybridized carbons (Fsp3) is 0.529. The lowest BCUT2D eigenvalue weighted by Crippen LogP contribution is -2.20. The Bertz CT molecular complexity index is 496. The van der Waals surface area contributed by atoms with E-state index in [-0.39, 0.29) is 12.6 Å². The van der Waals surface area contributed by atoms with Gasteiger partial charge in [0.25, 0.3) is 0 Å². The van der Waals surface area contributed by atoms with Crippen LogP contribution in [-0.2, 0) is 14.3 Å². The molecule has 0 N–H and O–H groups in total. The predicted octanol–water partition coefficient (Wildman–Crippen LogP) is 3.91. The molecule has 0 spiro atoms. The quantitative estimate of drug-likeness (QED) is 0.564. The van der Waals surface area contributed by atoms with Gasteiger partial charge in [-0.25, -0.2) is 4.79 Å². The molecule has 0 aliphatic carbocycles. The molecular formula is C17H24O5. The maximum atomic E-state index is 12.2. The molecule has 22 heavy (non-hydrogen) atoms. The van der Waals surface area contributed by atoms with Gasteiger partial charge in [-0.15, -0.1) is 0 Å². The standard InChI is InChI=1S/C17H24O5/c1-5-20-16(18)14(11-12(3)4)13-9-7-8-10-15(13)22-17(19)21-6-2/h7-10,12,14H,5-6,11H2,1-4H3. The van der Waals surface area contributed by atoms with Crippen LogP contribution < -0.4 is 4.74 Å². The molecule has 0 saturated carbocycles. The molecule has 5 nitrogen and oxygen atoms in total. The number of para-hydroxylation sites is 1. The number of esters is 1. The van der Waals surface area contributed by atoms with Crippen LogP contribution in [0.2, 0.25) is 0 Å². The summed E-state index contributed by atoms with van der Waals surface area (Å²) in [6, 6.07) is 6.98. The lowest BCUT2D eigenvalue weighted by molar-refractivity contribution is -0.145. The topological polar surface area (TPSA) is 61.8 Å². The van der Waals surface area contributed by atoms with Crippen LogP contribution in [-0.4, -0.2) is 25.3 Å². The SMILES string of the molecule is CCOC(=O)Oc1ccccc1C(CC(C)C)C(=O)OCC. The van der Waals surface area contributed by atoms with Crippen molar-refractivity contribution in [1.82, 2.24) is 0 Å². The van der Waals surface area contributed by atoms with E-state index < -0.39 is 12.1 Å². The van der Waals surface area contributed by atoms with Gasteiger partial charge in [-0.2, -0.15) is 0 Å². The fourth-order valence-electron chi connectivity index (χ4n) is 2.16. The Kier molecular flexibility index (Phi) is 7.43. The van der Waals surface area contributed by atoms with E-state index in [9.17, 15) is 9.59 Å². The number of hydrogen-bond donors (Lipinski definition) is 0. The molecule has 1 atom stereocenters. The highest BCUT2D eigenvalue weighted by molar-refractivity contribution is 5.79. The Hall–Kier alpha value is -2.04. The molecule has 0 amide bonds. The van der Waals surface area contributed by atoms with Crippen LogP contribution in [0.1, 0.15) is 45.6 Å². The van der Waals surface area contributed by atoms with Crippen molar-refractivity contribution in [2.75, 3.05) is 13.2 Å². The second kappa shape index (κ2) is 9.07. The number of ether oxygens (including phenoxy) is 3. The molecule has 0 radical (unpaired) electrons. The maximum Gasteiger partial charge on any atom is 0.513 e. The van der Waals surface area contributed by atoms with E-state index >= 15 is 0 Å². The average Bonchev–Trinajstić information content (AvgIpc) is 2.46. The van der Waals surface area contributed by atoms with Crippen LogP contribution in [0.15, 0.2) is 24.3 Å². The second-order valence-electron chi connectivity index (χ2n) is 5.26. The van der Waals surface area contributed by atoms with Gasteiger partial charge in [-0.1, -0.05) is 32.0 Å². The van der Waals surface area contributed by atoms with Crippen molar-refractivity contribution in [3.63, 3.8) is 0 Å². The Morgan fingerprint density at radius 2 is 1.68 bits per heavy atom. The Morgan fingerprint density at radius 3 is 2.27 bits per heavy atom. The second-order valence-corrected chi connectivity index (χ2v) is 5.26. The van der Waals surface area contributed by atoms with Crippen LogP contribution in [0.5, 0.6) is 5.75 Å². The molecule has 0 saturated heterocycles. The minimum atomic E-state index is -0.776. The first kappa shape index (κ1) is 18.0. The van der Waals surface area contributed by atoms with Gasteiger partial charge in [0.2, 0.25) is 0 Å². The summed E-state index contributed by atoms with van der Waals surface area (Å²) in [5, 5.41) is 0. The monoisotopic (exact) mass is 308 g/mol. The zero-order chi connectivity index (χ0) is 16.5. The summed E-state index contributed by atoms with van der Waals surface area (Å²) in [7, 11) is 0. The van der Waals surface area contributed by atoms with Crippen molar-refractivity contribution in [1.29, 1.82) is 0 Å². The minimum Gasteiger partial charge on any atom is -0.466 e. The summed E-state index contributed by atoms with van der Waals surface area (Å²) >= 11 is 0. The number of rotatable bonds is 7. The van der Waals surface area contributed by atoms with Gasteiger partial charge < -0.3 is 14.2 Å². The first-order valence-electron chi connectivity index (χ1n) is 7.59. The first-order chi connectivity index (χ1) is 10.5. The zero-order valence-electron chi connectivity index (χ0n) is 13.6. The predicted molar refractivity (Wildman–Crippen MR) is 82.9 cm³/mol. The summed E-state index contributed by atoms with van der Waals surface area (Å²) in [6.45, 7) is 8.07. The Morgan fingerprint density at radius 1 is 1.05 bits per heavy atom. The lowest BCUT2D eigenvalue weighted by atomic mass is 9.89. The average molecular weight is 308 g/mol. The fourth-order valence-corrected chi connectivity index (χ4v) is 2.16. The third-order valence-electron chi connectivity index (χ3n) is 3.03. The minimum absolute atomic E-state index is 0.230. The summed E-state index contributed by atoms with van der Waals surface area (Å²) in [5.41, 5.74) is 0.641. The van der Waals surface area contributed by atoms with Crippen LogP contribution >= 0.6 is 0 Å². The van der Waals surface area contributed by atoms with Gasteiger partial charge in [-0.3, -0.25) is 4.79 Å². The van der Waals surface area contributed by atoms with Crippen LogP contribution in [0, 0.1) is 5.92 Å². The highest BCUT2D eigenvalue weighted by Crippen LogP contribution is 2.32. The third-order valence-corrected chi connectivity index (χ3v) is 3.03. The first-order valence-corrected chi connectivity index (χ1v) is 7.59. The summed E-state index contributed by atoms with van der Waals surface area (Å²) in [4.78, 5) is 23.8. The van der Waals surface area contributed by atoms with Crippen molar-refractivity contribution >= 4 is 12.1 Å². The summed E-state index contributed by atoms with van der Waals surface area (Å²) in [5.74, 6) is -0.147. The molecule has 122 valence electrons. The highest BCUT2D eigenvalue weighted by Gasteiger charge is 2.27. The summed E-state index contributed by atoms with van der Waals surface area (Å²) in [6.07, 6.45) is -0.163. The van der Waals surface area contributed by atoms with E-state index in [0.29, 0.717) is 30.3 Å². The molecule has 1 rings (SSSR count). The van der Waals surface area contributed by atoms with Crippen molar-refractivity contribution in [2.24, 2.45) is 5.92 Å². The van der Waals surface area contributed by atoms with Crippen molar-refractivity contribution in [3.8, 4) is 5.75 Å². The Labute approximate surface area is 131 Å². The molecular weight excluding hydrogens is 284 g/mol. The van der Waals surface area contributed by atoms with Gasteiger partial charge in [-0.05, 0) is 32.3 Å². The maximum absolute atomic E-state index is 12.2. The zero-order valence-corrected chi connectivity index (χ0v) is 13.6. The smallest absolute Gasteiger partial charge is 0.466 e. The van der Waals surface area contributed by atoms with Crippen LogP contribution in [0.4, 0.5) is 4.79 Å². The van der Waals surface area contributed by atoms with E-state index in [1.165, 1.54) is 0 Å². The molecule has 0 aromatic heterocycles. The molecule has 5 heteroatoms. The highest BCUT2D eigenvalue weighted by atomic mass is 16.7. The van der Waals surface area contributed by atoms with Crippen molar-refractivity contribution < 1.29 is 23.8 Å². The van der Waals surface area contributed by atoms with Gasteiger partial charge in [0.15, 0.2) is 0 Å². The largest absolute Gasteiger partial charge is 0.513 e. The molecule has 1 aromatic carbocycles. The molecule has 1 unspecified atom stereocenters. The third kappa shape index (κ3) is 5.39. The summed E-state index contributed by atoms with van der Waals surface area (Å²) < 4.78 is 15.2. The van der Waals surface area contributed by atoms with Gasteiger partial charge in [0.1, 0.15) is 5.75 Å². The van der Waals surface area contributed by atoms with Gasteiger partial charge in [0.05, 0.1) is 19.1 Å². The molecule has 0 aliphatic heterocycles. The van der Waals surface area contributed by atoms with E-state index in [0.717, 1.165) is 0 Å². The van der Waals surface area contributed by atoms with E-state index in [4.69, 9.17) is 14.2 Å². The van der Waals surface area contributed by atoms with E-state index in [1.807, 2.05) is 13.8 Å². The molecule has 0 bridgehead atoms. The van der Waals surface area contributed by atoms with Crippen molar-refractivity contribution in [2.45, 2.75) is 40.0 Å². The Balaban J connectivity index is 3.07. The number of benzene rings is 1. The molecule has 0 heterocycles. The lowest BCUT2D eigenvalue weighted by Gasteiger charge is -2.20. The normalized spacial score (nSPS) is 11.9. The van der Waals surface area contributed by atoms with Gasteiger partial charge >= 0.3 is 12.1 Å². The van der Waals surface area contributed by atoms with Gasteiger partial charge in [0, 0.05) is 5.56 Å². The van der Waals surface area contributed by atoms with E-state index in [1.54, 1.807) is 38.1 Å². The number of carbonyl (C=O) groups is 2. The van der Waals surface area contributed by atoms with Crippen LogP contribution in [0.3, 0.4) is 0 Å². The number of hydrogen-bond acceptors (Lipinski definition) is 5. The van der Waals surface area contributed by atoms with E-state index in [2.05, 4.69) is 0 Å². The molecule has 0 aliphatic rings. The van der Waals surface area contributed by atoms with Crippen LogP contribution in [0.25, 0.3) is 0 Å². The van der Waals surface area contributed by atoms with Crippen molar-refractivity contribution in [3.05, 3.63) is 29.8 Å². The molecule has 1 aromatic rings. The number of carbonyl (C=O) groups excluding carboxylic acids is 2. The molecule has 0 fully saturated rings.